The number of rotatable bonds is 6. The Bertz CT molecular complexity index is 467. The minimum atomic E-state index is -0.0622. The zero-order valence-corrected chi connectivity index (χ0v) is 13.5. The van der Waals surface area contributed by atoms with E-state index < -0.39 is 0 Å². The lowest BCUT2D eigenvalue weighted by atomic mass is 10.0. The summed E-state index contributed by atoms with van der Waals surface area (Å²) in [7, 11) is 4.03. The number of anilines is 1. The smallest absolute Gasteiger partial charge is 0.251 e. The van der Waals surface area contributed by atoms with Gasteiger partial charge in [0.05, 0.1) is 0 Å². The topological polar surface area (TPSA) is 44.4 Å². The number of aryl methyl sites for hydroxylation is 1. The Morgan fingerprint density at radius 1 is 1.30 bits per heavy atom. The summed E-state index contributed by atoms with van der Waals surface area (Å²) in [5, 5.41) is 6.26. The van der Waals surface area contributed by atoms with Crippen LogP contribution in [0.2, 0.25) is 0 Å². The van der Waals surface area contributed by atoms with E-state index in [9.17, 15) is 4.79 Å². The van der Waals surface area contributed by atoms with Gasteiger partial charge in [-0.05, 0) is 65.6 Å². The van der Waals surface area contributed by atoms with Crippen LogP contribution in [0.5, 0.6) is 0 Å². The summed E-state index contributed by atoms with van der Waals surface area (Å²) in [6, 6.07) is 5.84. The van der Waals surface area contributed by atoms with E-state index in [0.717, 1.165) is 23.4 Å². The van der Waals surface area contributed by atoms with Crippen molar-refractivity contribution < 1.29 is 4.79 Å². The van der Waals surface area contributed by atoms with Gasteiger partial charge in [-0.3, -0.25) is 4.79 Å². The molecular weight excluding hydrogens is 250 g/mol. The van der Waals surface area contributed by atoms with Crippen molar-refractivity contribution in [2.75, 3.05) is 32.5 Å². The van der Waals surface area contributed by atoms with E-state index in [4.69, 9.17) is 0 Å². The maximum absolute atomic E-state index is 12.3. The molecule has 0 aromatic heterocycles. The van der Waals surface area contributed by atoms with Crippen molar-refractivity contribution in [3.05, 3.63) is 29.3 Å². The van der Waals surface area contributed by atoms with E-state index in [1.54, 1.807) is 0 Å². The molecule has 0 radical (unpaired) electrons. The fourth-order valence-electron chi connectivity index (χ4n) is 1.78. The standard InChI is InChI=1S/C16H27N3O/c1-7-17-13-8-9-14(12(2)10-13)15(20)18-11-16(3,4)19(5)6/h8-10,17H,7,11H2,1-6H3,(H,18,20). The average Bonchev–Trinajstić information content (AvgIpc) is 2.36. The molecule has 0 spiro atoms. The van der Waals surface area contributed by atoms with Gasteiger partial charge in [-0.15, -0.1) is 0 Å². The molecule has 0 heterocycles. The molecule has 0 saturated heterocycles. The molecule has 4 heteroatoms. The van der Waals surface area contributed by atoms with Crippen LogP contribution in [-0.2, 0) is 0 Å². The Hall–Kier alpha value is -1.55. The molecule has 0 unspecified atom stereocenters. The van der Waals surface area contributed by atoms with Gasteiger partial charge < -0.3 is 15.5 Å². The summed E-state index contributed by atoms with van der Waals surface area (Å²) < 4.78 is 0. The Labute approximate surface area is 122 Å². The van der Waals surface area contributed by atoms with Crippen LogP contribution in [0.3, 0.4) is 0 Å². The lowest BCUT2D eigenvalue weighted by Crippen LogP contribution is -2.48. The van der Waals surface area contributed by atoms with Crippen molar-refractivity contribution in [2.24, 2.45) is 0 Å². The molecule has 0 aliphatic rings. The number of nitrogens with zero attached hydrogens (tertiary/aromatic N) is 1. The third kappa shape index (κ3) is 4.23. The summed E-state index contributed by atoms with van der Waals surface area (Å²) >= 11 is 0. The quantitative estimate of drug-likeness (QED) is 0.839. The van der Waals surface area contributed by atoms with E-state index in [1.807, 2.05) is 39.2 Å². The van der Waals surface area contributed by atoms with Gasteiger partial charge >= 0.3 is 0 Å². The zero-order valence-electron chi connectivity index (χ0n) is 13.5. The van der Waals surface area contributed by atoms with E-state index >= 15 is 0 Å². The first-order valence-corrected chi connectivity index (χ1v) is 7.08. The Morgan fingerprint density at radius 2 is 1.95 bits per heavy atom. The van der Waals surface area contributed by atoms with Gasteiger partial charge in [0.15, 0.2) is 0 Å². The molecule has 0 fully saturated rings. The molecule has 0 bridgehead atoms. The Kier molecular flexibility index (Phi) is 5.57. The van der Waals surface area contributed by atoms with E-state index in [1.165, 1.54) is 0 Å². The molecule has 1 amide bonds. The van der Waals surface area contributed by atoms with Crippen LogP contribution in [-0.4, -0.2) is 43.5 Å². The summed E-state index contributed by atoms with van der Waals surface area (Å²) in [5.74, 6) is -0.0135. The largest absolute Gasteiger partial charge is 0.385 e. The monoisotopic (exact) mass is 277 g/mol. The predicted octanol–water partition coefficient (Wildman–Crippen LogP) is 2.50. The van der Waals surface area contributed by atoms with Gasteiger partial charge in [-0.2, -0.15) is 0 Å². The lowest BCUT2D eigenvalue weighted by molar-refractivity contribution is 0.0919. The summed E-state index contributed by atoms with van der Waals surface area (Å²) in [6.45, 7) is 9.73. The van der Waals surface area contributed by atoms with Crippen molar-refractivity contribution in [2.45, 2.75) is 33.2 Å². The molecule has 1 aromatic carbocycles. The van der Waals surface area contributed by atoms with Gasteiger partial charge in [0, 0.05) is 29.9 Å². The molecule has 0 aliphatic carbocycles. The summed E-state index contributed by atoms with van der Waals surface area (Å²) in [6.07, 6.45) is 0. The number of carbonyl (C=O) groups excluding carboxylic acids is 1. The third-order valence-electron chi connectivity index (χ3n) is 3.74. The number of amides is 1. The molecule has 0 saturated carbocycles. The van der Waals surface area contributed by atoms with Crippen molar-refractivity contribution in [1.82, 2.24) is 10.2 Å². The van der Waals surface area contributed by atoms with E-state index in [-0.39, 0.29) is 11.4 Å². The summed E-state index contributed by atoms with van der Waals surface area (Å²) in [4.78, 5) is 14.4. The van der Waals surface area contributed by atoms with Gasteiger partial charge in [0.1, 0.15) is 0 Å². The minimum Gasteiger partial charge on any atom is -0.385 e. The van der Waals surface area contributed by atoms with Crippen LogP contribution in [0.15, 0.2) is 18.2 Å². The first-order chi connectivity index (χ1) is 9.27. The number of likely N-dealkylation sites (N-methyl/N-ethyl adjacent to an activating group) is 1. The van der Waals surface area contributed by atoms with Crippen LogP contribution >= 0.6 is 0 Å². The molecule has 4 nitrogen and oxygen atoms in total. The van der Waals surface area contributed by atoms with Crippen molar-refractivity contribution in [3.8, 4) is 0 Å². The van der Waals surface area contributed by atoms with Crippen LogP contribution in [0.4, 0.5) is 5.69 Å². The second-order valence-electron chi connectivity index (χ2n) is 5.95. The first-order valence-electron chi connectivity index (χ1n) is 7.08. The first kappa shape index (κ1) is 16.5. The Balaban J connectivity index is 2.73. The molecular formula is C16H27N3O. The van der Waals surface area contributed by atoms with Crippen molar-refractivity contribution in [3.63, 3.8) is 0 Å². The van der Waals surface area contributed by atoms with E-state index in [0.29, 0.717) is 6.54 Å². The SMILES string of the molecule is CCNc1ccc(C(=O)NCC(C)(C)N(C)C)c(C)c1. The summed E-state index contributed by atoms with van der Waals surface area (Å²) in [5.41, 5.74) is 2.72. The van der Waals surface area contributed by atoms with Gasteiger partial charge in [0.25, 0.3) is 5.91 Å². The highest BCUT2D eigenvalue weighted by Crippen LogP contribution is 2.15. The molecule has 1 aromatic rings. The maximum Gasteiger partial charge on any atom is 0.251 e. The fraction of sp³-hybridized carbons (Fsp3) is 0.562. The molecule has 0 atom stereocenters. The number of carbonyl (C=O) groups is 1. The maximum atomic E-state index is 12.3. The molecule has 20 heavy (non-hydrogen) atoms. The highest BCUT2D eigenvalue weighted by atomic mass is 16.1. The zero-order chi connectivity index (χ0) is 15.3. The molecule has 1 rings (SSSR count). The molecule has 2 N–H and O–H groups in total. The molecule has 0 aliphatic heterocycles. The van der Waals surface area contributed by atoms with Crippen LogP contribution in [0.25, 0.3) is 0 Å². The van der Waals surface area contributed by atoms with Crippen molar-refractivity contribution >= 4 is 11.6 Å². The second kappa shape index (κ2) is 6.75. The number of nitrogens with one attached hydrogen (secondary N) is 2. The van der Waals surface area contributed by atoms with Crippen LogP contribution < -0.4 is 10.6 Å². The lowest BCUT2D eigenvalue weighted by Gasteiger charge is -2.32. The minimum absolute atomic E-state index is 0.0135. The molecule has 112 valence electrons. The average molecular weight is 277 g/mol. The second-order valence-corrected chi connectivity index (χ2v) is 5.95. The van der Waals surface area contributed by atoms with Crippen LogP contribution in [0.1, 0.15) is 36.7 Å². The number of hydrogen-bond donors (Lipinski definition) is 2. The fourth-order valence-corrected chi connectivity index (χ4v) is 1.78. The Morgan fingerprint density at radius 3 is 2.45 bits per heavy atom. The third-order valence-corrected chi connectivity index (χ3v) is 3.74. The highest BCUT2D eigenvalue weighted by molar-refractivity contribution is 5.96. The highest BCUT2D eigenvalue weighted by Gasteiger charge is 2.21. The van der Waals surface area contributed by atoms with E-state index in [2.05, 4.69) is 36.3 Å². The van der Waals surface area contributed by atoms with Crippen molar-refractivity contribution in [1.29, 1.82) is 0 Å². The predicted molar refractivity (Wildman–Crippen MR) is 85.4 cm³/mol. The normalized spacial score (nSPS) is 11.6. The number of benzene rings is 1. The van der Waals surface area contributed by atoms with Gasteiger partial charge in [-0.1, -0.05) is 0 Å². The van der Waals surface area contributed by atoms with Crippen LogP contribution in [0, 0.1) is 6.92 Å². The van der Waals surface area contributed by atoms with Gasteiger partial charge in [-0.25, -0.2) is 0 Å². The van der Waals surface area contributed by atoms with Gasteiger partial charge in [0.2, 0.25) is 0 Å². The number of hydrogen-bond acceptors (Lipinski definition) is 3.